The van der Waals surface area contributed by atoms with E-state index in [1.165, 1.54) is 23.1 Å². The van der Waals surface area contributed by atoms with Crippen LogP contribution in [0.15, 0.2) is 30.7 Å². The third-order valence-electron chi connectivity index (χ3n) is 3.22. The number of aromatic nitrogens is 3. The van der Waals surface area contributed by atoms with Crippen LogP contribution in [-0.4, -0.2) is 25.8 Å². The molecule has 2 N–H and O–H groups in total. The van der Waals surface area contributed by atoms with Gasteiger partial charge in [-0.1, -0.05) is 6.07 Å². The Bertz CT molecular complexity index is 682. The SMILES string of the molecule is C[C@@H](NC(=O)C(O)c1cnn(C)c1)c1ccc(C(F)(F)F)nc1. The van der Waals surface area contributed by atoms with Gasteiger partial charge in [0.25, 0.3) is 5.91 Å². The van der Waals surface area contributed by atoms with E-state index in [0.29, 0.717) is 11.1 Å². The van der Waals surface area contributed by atoms with Crippen LogP contribution in [0.25, 0.3) is 0 Å². The number of pyridine rings is 1. The van der Waals surface area contributed by atoms with E-state index in [4.69, 9.17) is 0 Å². The Hall–Kier alpha value is -2.42. The van der Waals surface area contributed by atoms with Crippen LogP contribution in [0.2, 0.25) is 0 Å². The van der Waals surface area contributed by atoms with Gasteiger partial charge in [0.05, 0.1) is 12.2 Å². The number of carbonyl (C=O) groups excluding carboxylic acids is 1. The second-order valence-corrected chi connectivity index (χ2v) is 5.05. The lowest BCUT2D eigenvalue weighted by atomic mass is 10.1. The van der Waals surface area contributed by atoms with Crippen LogP contribution in [0.1, 0.15) is 35.9 Å². The van der Waals surface area contributed by atoms with Gasteiger partial charge in [0.2, 0.25) is 0 Å². The Labute approximate surface area is 130 Å². The van der Waals surface area contributed by atoms with Crippen LogP contribution >= 0.6 is 0 Å². The van der Waals surface area contributed by atoms with Crippen molar-refractivity contribution in [2.24, 2.45) is 7.05 Å². The molecular formula is C14H15F3N4O2. The quantitative estimate of drug-likeness (QED) is 0.896. The maximum absolute atomic E-state index is 12.5. The van der Waals surface area contributed by atoms with Crippen molar-refractivity contribution in [3.63, 3.8) is 0 Å². The van der Waals surface area contributed by atoms with Crippen LogP contribution in [-0.2, 0) is 18.0 Å². The fourth-order valence-corrected chi connectivity index (χ4v) is 1.94. The van der Waals surface area contributed by atoms with Crippen molar-refractivity contribution in [3.8, 4) is 0 Å². The molecule has 0 saturated heterocycles. The molecule has 1 unspecified atom stereocenters. The van der Waals surface area contributed by atoms with E-state index in [0.717, 1.165) is 12.3 Å². The minimum atomic E-state index is -4.51. The van der Waals surface area contributed by atoms with Gasteiger partial charge in [-0.2, -0.15) is 18.3 Å². The molecule has 23 heavy (non-hydrogen) atoms. The minimum absolute atomic E-state index is 0.322. The number of rotatable bonds is 4. The molecular weight excluding hydrogens is 313 g/mol. The van der Waals surface area contributed by atoms with E-state index in [1.807, 2.05) is 0 Å². The molecule has 0 aliphatic heterocycles. The van der Waals surface area contributed by atoms with Gasteiger partial charge in [-0.3, -0.25) is 14.5 Å². The molecule has 2 heterocycles. The molecule has 6 nitrogen and oxygen atoms in total. The molecule has 0 aliphatic rings. The van der Waals surface area contributed by atoms with Gasteiger partial charge in [0.15, 0.2) is 6.10 Å². The van der Waals surface area contributed by atoms with Gasteiger partial charge >= 0.3 is 6.18 Å². The number of aliphatic hydroxyl groups is 1. The van der Waals surface area contributed by atoms with Gasteiger partial charge in [-0.25, -0.2) is 0 Å². The second kappa shape index (κ2) is 6.37. The highest BCUT2D eigenvalue weighted by Crippen LogP contribution is 2.28. The highest BCUT2D eigenvalue weighted by molar-refractivity contribution is 5.82. The number of amides is 1. The van der Waals surface area contributed by atoms with Crippen LogP contribution < -0.4 is 5.32 Å². The highest BCUT2D eigenvalue weighted by atomic mass is 19.4. The predicted octanol–water partition coefficient (Wildman–Crippen LogP) is 1.74. The third-order valence-corrected chi connectivity index (χ3v) is 3.22. The zero-order valence-electron chi connectivity index (χ0n) is 12.4. The zero-order valence-corrected chi connectivity index (χ0v) is 12.4. The topological polar surface area (TPSA) is 80.0 Å². The van der Waals surface area contributed by atoms with Gasteiger partial charge < -0.3 is 10.4 Å². The van der Waals surface area contributed by atoms with Crippen molar-refractivity contribution >= 4 is 5.91 Å². The molecule has 2 aromatic rings. The molecule has 0 bridgehead atoms. The van der Waals surface area contributed by atoms with Crippen molar-refractivity contribution in [3.05, 3.63) is 47.5 Å². The molecule has 124 valence electrons. The Kier molecular flexibility index (Phi) is 4.69. The van der Waals surface area contributed by atoms with E-state index < -0.39 is 29.9 Å². The van der Waals surface area contributed by atoms with E-state index >= 15 is 0 Å². The fourth-order valence-electron chi connectivity index (χ4n) is 1.94. The highest BCUT2D eigenvalue weighted by Gasteiger charge is 2.32. The third kappa shape index (κ3) is 4.07. The van der Waals surface area contributed by atoms with Gasteiger partial charge in [-0.05, 0) is 18.6 Å². The first kappa shape index (κ1) is 16.9. The number of nitrogens with one attached hydrogen (secondary N) is 1. The molecule has 2 aromatic heterocycles. The summed E-state index contributed by atoms with van der Waals surface area (Å²) in [6.07, 6.45) is -2.02. The average molecular weight is 328 g/mol. The number of hydrogen-bond acceptors (Lipinski definition) is 4. The molecule has 0 spiro atoms. The van der Waals surface area contributed by atoms with Crippen LogP contribution in [0.5, 0.6) is 0 Å². The largest absolute Gasteiger partial charge is 0.433 e. The Balaban J connectivity index is 2.03. The summed E-state index contributed by atoms with van der Waals surface area (Å²) >= 11 is 0. The summed E-state index contributed by atoms with van der Waals surface area (Å²) in [7, 11) is 1.64. The van der Waals surface area contributed by atoms with Crippen molar-refractivity contribution in [1.82, 2.24) is 20.1 Å². The summed E-state index contributed by atoms with van der Waals surface area (Å²) in [5, 5.41) is 16.3. The number of nitrogens with zero attached hydrogens (tertiary/aromatic N) is 3. The first-order valence-corrected chi connectivity index (χ1v) is 6.68. The molecule has 0 aromatic carbocycles. The van der Waals surface area contributed by atoms with E-state index in [1.54, 1.807) is 14.0 Å². The van der Waals surface area contributed by atoms with E-state index in [9.17, 15) is 23.1 Å². The molecule has 0 aliphatic carbocycles. The van der Waals surface area contributed by atoms with Gasteiger partial charge in [0.1, 0.15) is 5.69 Å². The summed E-state index contributed by atoms with van der Waals surface area (Å²) in [5.74, 6) is -0.676. The number of alkyl halides is 3. The first-order valence-electron chi connectivity index (χ1n) is 6.68. The summed E-state index contributed by atoms with van der Waals surface area (Å²) < 4.78 is 38.8. The molecule has 0 fully saturated rings. The van der Waals surface area contributed by atoms with Crippen LogP contribution in [0, 0.1) is 0 Å². The lowest BCUT2D eigenvalue weighted by Gasteiger charge is -2.17. The Morgan fingerprint density at radius 3 is 2.48 bits per heavy atom. The van der Waals surface area contributed by atoms with Crippen molar-refractivity contribution in [2.45, 2.75) is 25.2 Å². The molecule has 2 atom stereocenters. The molecule has 1 amide bonds. The number of carbonyl (C=O) groups is 1. The summed E-state index contributed by atoms with van der Waals surface area (Å²) in [4.78, 5) is 15.3. The van der Waals surface area contributed by atoms with Gasteiger partial charge in [0, 0.05) is 25.0 Å². The van der Waals surface area contributed by atoms with Gasteiger partial charge in [-0.15, -0.1) is 0 Å². The zero-order chi connectivity index (χ0) is 17.2. The van der Waals surface area contributed by atoms with Crippen molar-refractivity contribution in [1.29, 1.82) is 0 Å². The Morgan fingerprint density at radius 1 is 1.30 bits per heavy atom. The number of aryl methyl sites for hydroxylation is 1. The summed E-state index contributed by atoms with van der Waals surface area (Å²) in [6, 6.07) is 1.47. The van der Waals surface area contributed by atoms with Crippen molar-refractivity contribution < 1.29 is 23.1 Å². The Morgan fingerprint density at radius 2 is 2.00 bits per heavy atom. The minimum Gasteiger partial charge on any atom is -0.378 e. The van der Waals surface area contributed by atoms with Crippen LogP contribution in [0.4, 0.5) is 13.2 Å². The van der Waals surface area contributed by atoms with Crippen molar-refractivity contribution in [2.75, 3.05) is 0 Å². The lowest BCUT2D eigenvalue weighted by molar-refractivity contribution is -0.141. The molecule has 0 radical (unpaired) electrons. The number of halogens is 3. The van der Waals surface area contributed by atoms with E-state index in [-0.39, 0.29) is 0 Å². The molecule has 9 heteroatoms. The predicted molar refractivity (Wildman–Crippen MR) is 74.0 cm³/mol. The number of aliphatic hydroxyl groups excluding tert-OH is 1. The second-order valence-electron chi connectivity index (χ2n) is 5.05. The maximum atomic E-state index is 12.5. The maximum Gasteiger partial charge on any atom is 0.433 e. The lowest BCUT2D eigenvalue weighted by Crippen LogP contribution is -2.31. The summed E-state index contributed by atoms with van der Waals surface area (Å²) in [6.45, 7) is 1.58. The smallest absolute Gasteiger partial charge is 0.378 e. The normalized spacial score (nSPS) is 14.3. The summed E-state index contributed by atoms with van der Waals surface area (Å²) in [5.41, 5.74) is -0.289. The number of hydrogen-bond donors (Lipinski definition) is 2. The molecule has 2 rings (SSSR count). The molecule has 0 saturated carbocycles. The standard InChI is InChI=1S/C14H15F3N4O2/c1-8(9-3-4-11(18-5-9)14(15,16)17)20-13(23)12(22)10-6-19-21(2)7-10/h3-8,12,22H,1-2H3,(H,20,23)/t8-,12?/m1/s1. The van der Waals surface area contributed by atoms with Crippen LogP contribution in [0.3, 0.4) is 0 Å². The average Bonchev–Trinajstić information content (AvgIpc) is 2.92. The monoisotopic (exact) mass is 328 g/mol. The fraction of sp³-hybridized carbons (Fsp3) is 0.357. The first-order chi connectivity index (χ1) is 10.7. The van der Waals surface area contributed by atoms with E-state index in [2.05, 4.69) is 15.4 Å².